The summed E-state index contributed by atoms with van der Waals surface area (Å²) in [5.74, 6) is 0. The molecule has 0 spiro atoms. The quantitative estimate of drug-likeness (QED) is 0.864. The molecule has 0 saturated heterocycles. The highest BCUT2D eigenvalue weighted by molar-refractivity contribution is 5.28. The van der Waals surface area contributed by atoms with E-state index in [2.05, 4.69) is 34.7 Å². The van der Waals surface area contributed by atoms with Gasteiger partial charge in [-0.2, -0.15) is 10.2 Å². The van der Waals surface area contributed by atoms with E-state index in [0.717, 1.165) is 12.2 Å². The number of hydrogen-bond acceptors (Lipinski definition) is 3. The highest BCUT2D eigenvalue weighted by Gasteiger charge is 2.19. The molecular weight excluding hydrogens is 214 g/mol. The van der Waals surface area contributed by atoms with Crippen molar-refractivity contribution in [3.63, 3.8) is 0 Å². The Hall–Kier alpha value is -1.62. The normalized spacial score (nSPS) is 12.9. The van der Waals surface area contributed by atoms with Gasteiger partial charge in [-0.25, -0.2) is 0 Å². The van der Waals surface area contributed by atoms with Crippen LogP contribution in [0, 0.1) is 6.92 Å². The van der Waals surface area contributed by atoms with Crippen LogP contribution in [0.5, 0.6) is 0 Å². The first-order chi connectivity index (χ1) is 8.17. The number of rotatable bonds is 4. The maximum Gasteiger partial charge on any atom is 0.0779 e. The van der Waals surface area contributed by atoms with Crippen molar-refractivity contribution >= 4 is 0 Å². The van der Waals surface area contributed by atoms with Crippen LogP contribution in [0.2, 0.25) is 0 Å². The zero-order valence-corrected chi connectivity index (χ0v) is 10.8. The van der Waals surface area contributed by atoms with E-state index < -0.39 is 0 Å². The Balaban J connectivity index is 2.43. The molecule has 0 aromatic carbocycles. The van der Waals surface area contributed by atoms with Gasteiger partial charge in [0.1, 0.15) is 0 Å². The fourth-order valence-corrected chi connectivity index (χ4v) is 2.22. The first-order valence-electron chi connectivity index (χ1n) is 5.86. The Morgan fingerprint density at radius 1 is 1.47 bits per heavy atom. The highest BCUT2D eigenvalue weighted by Crippen LogP contribution is 2.23. The van der Waals surface area contributed by atoms with E-state index >= 15 is 0 Å². The van der Waals surface area contributed by atoms with E-state index in [0.29, 0.717) is 0 Å². The lowest BCUT2D eigenvalue weighted by Gasteiger charge is -2.16. The Bertz CT molecular complexity index is 497. The number of nitrogens with one attached hydrogen (secondary N) is 1. The maximum absolute atomic E-state index is 4.39. The van der Waals surface area contributed by atoms with Crippen molar-refractivity contribution in [3.05, 3.63) is 35.4 Å². The first kappa shape index (κ1) is 11.9. The lowest BCUT2D eigenvalue weighted by atomic mass is 10.1. The standard InChI is InChI=1S/C12H19N5/c1-5-17-11(6-7-14-17)12(13-3)10-8-16(4)15-9(10)2/h6-8,12-13H,5H2,1-4H3. The third-order valence-corrected chi connectivity index (χ3v) is 3.00. The van der Waals surface area contributed by atoms with Gasteiger partial charge in [-0.1, -0.05) is 0 Å². The van der Waals surface area contributed by atoms with Crippen LogP contribution in [0.3, 0.4) is 0 Å². The van der Waals surface area contributed by atoms with Crippen molar-refractivity contribution in [1.29, 1.82) is 0 Å². The molecule has 0 amide bonds. The van der Waals surface area contributed by atoms with Crippen molar-refractivity contribution in [2.45, 2.75) is 26.4 Å². The largest absolute Gasteiger partial charge is 0.308 e. The van der Waals surface area contributed by atoms with E-state index in [4.69, 9.17) is 0 Å². The summed E-state index contributed by atoms with van der Waals surface area (Å²) >= 11 is 0. The van der Waals surface area contributed by atoms with Crippen molar-refractivity contribution in [3.8, 4) is 0 Å². The van der Waals surface area contributed by atoms with Crippen LogP contribution in [0.25, 0.3) is 0 Å². The van der Waals surface area contributed by atoms with Crippen molar-refractivity contribution in [2.24, 2.45) is 7.05 Å². The number of hydrogen-bond donors (Lipinski definition) is 1. The van der Waals surface area contributed by atoms with Gasteiger partial charge in [-0.05, 0) is 27.0 Å². The molecule has 5 nitrogen and oxygen atoms in total. The molecule has 0 aliphatic carbocycles. The Labute approximate surface area is 101 Å². The van der Waals surface area contributed by atoms with E-state index in [1.165, 1.54) is 11.3 Å². The lowest BCUT2D eigenvalue weighted by Crippen LogP contribution is -2.21. The molecule has 2 heterocycles. The van der Waals surface area contributed by atoms with E-state index in [9.17, 15) is 0 Å². The zero-order chi connectivity index (χ0) is 12.4. The van der Waals surface area contributed by atoms with Crippen LogP contribution in [0.15, 0.2) is 18.5 Å². The molecule has 5 heteroatoms. The monoisotopic (exact) mass is 233 g/mol. The van der Waals surface area contributed by atoms with Gasteiger partial charge in [0.05, 0.1) is 17.4 Å². The first-order valence-corrected chi connectivity index (χ1v) is 5.86. The summed E-state index contributed by atoms with van der Waals surface area (Å²) in [7, 11) is 3.91. The molecule has 0 radical (unpaired) electrons. The van der Waals surface area contributed by atoms with Gasteiger partial charge in [0.2, 0.25) is 0 Å². The molecule has 0 saturated carbocycles. The minimum atomic E-state index is 0.145. The molecule has 0 fully saturated rings. The van der Waals surface area contributed by atoms with Gasteiger partial charge in [-0.3, -0.25) is 9.36 Å². The summed E-state index contributed by atoms with van der Waals surface area (Å²) in [6, 6.07) is 2.20. The molecule has 92 valence electrons. The highest BCUT2D eigenvalue weighted by atomic mass is 15.3. The van der Waals surface area contributed by atoms with Crippen molar-refractivity contribution in [1.82, 2.24) is 24.9 Å². The average Bonchev–Trinajstić information content (AvgIpc) is 2.88. The average molecular weight is 233 g/mol. The van der Waals surface area contributed by atoms with Crippen LogP contribution in [0.4, 0.5) is 0 Å². The van der Waals surface area contributed by atoms with Gasteiger partial charge in [0.25, 0.3) is 0 Å². The molecule has 1 atom stereocenters. The van der Waals surface area contributed by atoms with Crippen LogP contribution >= 0.6 is 0 Å². The lowest BCUT2D eigenvalue weighted by molar-refractivity contribution is 0.562. The molecule has 2 aromatic rings. The predicted molar refractivity (Wildman–Crippen MR) is 66.7 cm³/mol. The molecule has 0 aliphatic rings. The third kappa shape index (κ3) is 2.10. The fraction of sp³-hybridized carbons (Fsp3) is 0.500. The second kappa shape index (κ2) is 4.71. The van der Waals surface area contributed by atoms with E-state index in [-0.39, 0.29) is 6.04 Å². The Morgan fingerprint density at radius 3 is 2.76 bits per heavy atom. The van der Waals surface area contributed by atoms with Gasteiger partial charge >= 0.3 is 0 Å². The molecule has 0 aliphatic heterocycles. The second-order valence-electron chi connectivity index (χ2n) is 4.14. The van der Waals surface area contributed by atoms with Gasteiger partial charge in [-0.15, -0.1) is 0 Å². The number of aromatic nitrogens is 4. The molecule has 2 rings (SSSR count). The molecule has 1 unspecified atom stereocenters. The molecule has 2 aromatic heterocycles. The van der Waals surface area contributed by atoms with Gasteiger partial charge in [0, 0.05) is 31.5 Å². The van der Waals surface area contributed by atoms with Crippen molar-refractivity contribution < 1.29 is 0 Å². The minimum Gasteiger partial charge on any atom is -0.308 e. The van der Waals surface area contributed by atoms with Crippen LogP contribution in [-0.2, 0) is 13.6 Å². The molecule has 0 bridgehead atoms. The minimum absolute atomic E-state index is 0.145. The summed E-state index contributed by atoms with van der Waals surface area (Å²) in [5, 5.41) is 12.0. The van der Waals surface area contributed by atoms with Gasteiger partial charge < -0.3 is 5.32 Å². The van der Waals surface area contributed by atoms with Crippen LogP contribution < -0.4 is 5.32 Å². The SMILES string of the molecule is CCn1nccc1C(NC)c1cn(C)nc1C. The van der Waals surface area contributed by atoms with Crippen LogP contribution in [0.1, 0.15) is 29.9 Å². The van der Waals surface area contributed by atoms with Gasteiger partial charge in [0.15, 0.2) is 0 Å². The summed E-state index contributed by atoms with van der Waals surface area (Å²) < 4.78 is 3.86. The van der Waals surface area contributed by atoms with Crippen molar-refractivity contribution in [2.75, 3.05) is 7.05 Å². The fourth-order valence-electron chi connectivity index (χ4n) is 2.22. The van der Waals surface area contributed by atoms with Crippen LogP contribution in [-0.4, -0.2) is 26.6 Å². The maximum atomic E-state index is 4.39. The second-order valence-corrected chi connectivity index (χ2v) is 4.14. The number of aryl methyl sites for hydroxylation is 3. The predicted octanol–water partition coefficient (Wildman–Crippen LogP) is 1.25. The summed E-state index contributed by atoms with van der Waals surface area (Å²) in [6.45, 7) is 5.01. The smallest absolute Gasteiger partial charge is 0.0779 e. The molecule has 1 N–H and O–H groups in total. The third-order valence-electron chi connectivity index (χ3n) is 3.00. The topological polar surface area (TPSA) is 47.7 Å². The van der Waals surface area contributed by atoms with E-state index in [1.807, 2.05) is 36.6 Å². The Morgan fingerprint density at radius 2 is 2.24 bits per heavy atom. The summed E-state index contributed by atoms with van der Waals surface area (Å²) in [5.41, 5.74) is 3.42. The number of nitrogens with zero attached hydrogens (tertiary/aromatic N) is 4. The Kier molecular flexibility index (Phi) is 3.28. The molecule has 17 heavy (non-hydrogen) atoms. The summed E-state index contributed by atoms with van der Waals surface area (Å²) in [6.07, 6.45) is 3.90. The summed E-state index contributed by atoms with van der Waals surface area (Å²) in [4.78, 5) is 0. The zero-order valence-electron chi connectivity index (χ0n) is 10.8. The van der Waals surface area contributed by atoms with E-state index in [1.54, 1.807) is 0 Å². The molecular formula is C12H19N5.